The fourth-order valence-electron chi connectivity index (χ4n) is 3.44. The molecule has 1 aromatic rings. The molecule has 1 rings (SSSR count). The minimum absolute atomic E-state index is 0.0541. The van der Waals surface area contributed by atoms with Crippen LogP contribution in [0.4, 0.5) is 8.78 Å². The van der Waals surface area contributed by atoms with Crippen molar-refractivity contribution in [2.45, 2.75) is 52.9 Å². The van der Waals surface area contributed by atoms with E-state index >= 15 is 0 Å². The lowest BCUT2D eigenvalue weighted by Gasteiger charge is -2.22. The quantitative estimate of drug-likeness (QED) is 0.191. The summed E-state index contributed by atoms with van der Waals surface area (Å²) in [6.45, 7) is 6.09. The largest absolute Gasteiger partial charge is 0.490 e. The number of allylic oxidation sites excluding steroid dienone is 5. The van der Waals surface area contributed by atoms with Gasteiger partial charge >= 0.3 is 0 Å². The molecule has 192 valence electrons. The van der Waals surface area contributed by atoms with Crippen LogP contribution in [0.25, 0.3) is 0 Å². The summed E-state index contributed by atoms with van der Waals surface area (Å²) in [5, 5.41) is 0. The van der Waals surface area contributed by atoms with Gasteiger partial charge in [0.15, 0.2) is 25.1 Å². The molecule has 0 atom stereocenters. The summed E-state index contributed by atoms with van der Waals surface area (Å²) >= 11 is 0. The van der Waals surface area contributed by atoms with Gasteiger partial charge in [-0.2, -0.15) is 8.78 Å². The van der Waals surface area contributed by atoms with Gasteiger partial charge in [-0.3, -0.25) is 0 Å². The summed E-state index contributed by atoms with van der Waals surface area (Å²) in [4.78, 5) is 0. The Labute approximate surface area is 202 Å². The predicted octanol–water partition coefficient (Wildman–Crippen LogP) is 6.75. The van der Waals surface area contributed by atoms with Gasteiger partial charge in [0.1, 0.15) is 0 Å². The molecule has 0 heterocycles. The van der Waals surface area contributed by atoms with Crippen molar-refractivity contribution in [2.75, 3.05) is 42.0 Å². The van der Waals surface area contributed by atoms with E-state index in [0.29, 0.717) is 42.3 Å². The van der Waals surface area contributed by atoms with E-state index in [-0.39, 0.29) is 13.6 Å². The second kappa shape index (κ2) is 16.1. The van der Waals surface area contributed by atoms with Crippen LogP contribution in [-0.2, 0) is 15.9 Å². The van der Waals surface area contributed by atoms with Crippen LogP contribution in [-0.4, -0.2) is 42.0 Å². The molecule has 0 radical (unpaired) electrons. The molecule has 0 saturated carbocycles. The third-order valence-electron chi connectivity index (χ3n) is 5.26. The fraction of sp³-hybridized carbons (Fsp3) is 0.538. The summed E-state index contributed by atoms with van der Waals surface area (Å²) in [5.74, 6) is 1.92. The number of benzene rings is 1. The van der Waals surface area contributed by atoms with E-state index in [9.17, 15) is 8.78 Å². The summed E-state index contributed by atoms with van der Waals surface area (Å²) in [6.07, 6.45) is 6.86. The standard InChI is InChI=1S/C26H38F2O6/c1-18(12-9-13-22(27)28)10-8-11-19(2)14-15-21-20(3)23(33-16-29-4)25(31-6)26(32-7)24(21)34-17-30-5/h10,13-14H,8-9,11-12,15-17H2,1-7H3/b18-10+,19-14+. The number of hydrogen-bond donors (Lipinski definition) is 0. The van der Waals surface area contributed by atoms with E-state index in [2.05, 4.69) is 19.1 Å². The van der Waals surface area contributed by atoms with Gasteiger partial charge in [0.05, 0.1) is 14.2 Å². The van der Waals surface area contributed by atoms with Crippen LogP contribution >= 0.6 is 0 Å². The minimum Gasteiger partial charge on any atom is -0.490 e. The number of rotatable bonds is 16. The average molecular weight is 485 g/mol. The molecule has 0 fully saturated rings. The van der Waals surface area contributed by atoms with Gasteiger partial charge < -0.3 is 28.4 Å². The second-order valence-electron chi connectivity index (χ2n) is 7.81. The lowest BCUT2D eigenvalue weighted by atomic mass is 9.99. The Hall–Kier alpha value is -2.58. The minimum atomic E-state index is -1.62. The maximum Gasteiger partial charge on any atom is 0.266 e. The maximum absolute atomic E-state index is 12.2. The Morgan fingerprint density at radius 3 is 1.74 bits per heavy atom. The topological polar surface area (TPSA) is 55.4 Å². The Bertz CT molecular complexity index is 858. The first-order chi connectivity index (χ1) is 16.3. The van der Waals surface area contributed by atoms with Gasteiger partial charge in [0, 0.05) is 25.3 Å². The number of halogens is 2. The molecule has 34 heavy (non-hydrogen) atoms. The summed E-state index contributed by atoms with van der Waals surface area (Å²) in [6, 6.07) is 0. The third-order valence-corrected chi connectivity index (χ3v) is 5.26. The van der Waals surface area contributed by atoms with Crippen molar-refractivity contribution in [3.05, 3.63) is 46.6 Å². The van der Waals surface area contributed by atoms with Crippen molar-refractivity contribution in [3.63, 3.8) is 0 Å². The Balaban J connectivity index is 3.12. The van der Waals surface area contributed by atoms with E-state index in [1.165, 1.54) is 5.57 Å². The van der Waals surface area contributed by atoms with Gasteiger partial charge in [0.25, 0.3) is 6.08 Å². The van der Waals surface area contributed by atoms with Crippen molar-refractivity contribution in [2.24, 2.45) is 0 Å². The summed E-state index contributed by atoms with van der Waals surface area (Å²) < 4.78 is 57.4. The van der Waals surface area contributed by atoms with Gasteiger partial charge in [-0.25, -0.2) is 0 Å². The molecule has 0 aliphatic rings. The smallest absolute Gasteiger partial charge is 0.266 e. The molecule has 0 N–H and O–H groups in total. The summed E-state index contributed by atoms with van der Waals surface area (Å²) in [5.41, 5.74) is 4.06. The second-order valence-corrected chi connectivity index (χ2v) is 7.81. The van der Waals surface area contributed by atoms with Crippen LogP contribution in [0.2, 0.25) is 0 Å². The monoisotopic (exact) mass is 484 g/mol. The Kier molecular flexibility index (Phi) is 14.0. The van der Waals surface area contributed by atoms with E-state index in [1.54, 1.807) is 28.4 Å². The molecular weight excluding hydrogens is 446 g/mol. The van der Waals surface area contributed by atoms with E-state index in [4.69, 9.17) is 28.4 Å². The van der Waals surface area contributed by atoms with Crippen molar-refractivity contribution in [1.29, 1.82) is 0 Å². The highest BCUT2D eigenvalue weighted by atomic mass is 19.3. The molecule has 0 aromatic heterocycles. The molecule has 0 unspecified atom stereocenters. The zero-order valence-electron chi connectivity index (χ0n) is 21.4. The highest BCUT2D eigenvalue weighted by Gasteiger charge is 2.26. The molecule has 0 aliphatic heterocycles. The van der Waals surface area contributed by atoms with E-state index < -0.39 is 6.08 Å². The van der Waals surface area contributed by atoms with Crippen LogP contribution in [0, 0.1) is 6.92 Å². The number of hydrogen-bond acceptors (Lipinski definition) is 6. The van der Waals surface area contributed by atoms with Crippen molar-refractivity contribution >= 4 is 0 Å². The maximum atomic E-state index is 12.2. The number of ether oxygens (including phenoxy) is 6. The Morgan fingerprint density at radius 2 is 1.21 bits per heavy atom. The zero-order chi connectivity index (χ0) is 25.5. The number of methoxy groups -OCH3 is 4. The molecule has 0 amide bonds. The third kappa shape index (κ3) is 9.35. The molecule has 6 nitrogen and oxygen atoms in total. The highest BCUT2D eigenvalue weighted by Crippen LogP contribution is 2.49. The lowest BCUT2D eigenvalue weighted by Crippen LogP contribution is -2.10. The van der Waals surface area contributed by atoms with Crippen LogP contribution in [0.3, 0.4) is 0 Å². The lowest BCUT2D eigenvalue weighted by molar-refractivity contribution is 0.0439. The normalized spacial score (nSPS) is 11.9. The van der Waals surface area contributed by atoms with Gasteiger partial charge in [-0.1, -0.05) is 23.3 Å². The average Bonchev–Trinajstić information content (AvgIpc) is 2.80. The molecule has 1 aromatic carbocycles. The first-order valence-electron chi connectivity index (χ1n) is 11.1. The van der Waals surface area contributed by atoms with Crippen LogP contribution in [0.15, 0.2) is 35.5 Å². The van der Waals surface area contributed by atoms with Crippen LogP contribution in [0.1, 0.15) is 50.7 Å². The molecule has 8 heteroatoms. The Morgan fingerprint density at radius 1 is 0.706 bits per heavy atom. The van der Waals surface area contributed by atoms with Crippen LogP contribution < -0.4 is 18.9 Å². The zero-order valence-corrected chi connectivity index (χ0v) is 21.4. The predicted molar refractivity (Wildman–Crippen MR) is 129 cm³/mol. The van der Waals surface area contributed by atoms with Crippen molar-refractivity contribution < 1.29 is 37.2 Å². The molecular formula is C26H38F2O6. The van der Waals surface area contributed by atoms with E-state index in [0.717, 1.165) is 35.6 Å². The SMILES string of the molecule is COCOc1c(C)c(C/C=C(\C)CC/C=C(\C)CCC=C(F)F)c(OCOC)c(OC)c1OC. The first kappa shape index (κ1) is 29.5. The molecule has 0 spiro atoms. The van der Waals surface area contributed by atoms with Crippen molar-refractivity contribution in [1.82, 2.24) is 0 Å². The molecule has 0 aliphatic carbocycles. The first-order valence-corrected chi connectivity index (χ1v) is 11.1. The van der Waals surface area contributed by atoms with Gasteiger partial charge in [0.2, 0.25) is 11.5 Å². The van der Waals surface area contributed by atoms with E-state index in [1.807, 2.05) is 13.8 Å². The fourth-order valence-corrected chi connectivity index (χ4v) is 3.44. The van der Waals surface area contributed by atoms with Crippen LogP contribution in [0.5, 0.6) is 23.0 Å². The summed E-state index contributed by atoms with van der Waals surface area (Å²) in [7, 11) is 6.19. The highest BCUT2D eigenvalue weighted by molar-refractivity contribution is 5.67. The molecule has 0 saturated heterocycles. The molecule has 0 bridgehead atoms. The van der Waals surface area contributed by atoms with Gasteiger partial charge in [-0.05, 0) is 59.0 Å². The van der Waals surface area contributed by atoms with Gasteiger partial charge in [-0.15, -0.1) is 0 Å². The van der Waals surface area contributed by atoms with Crippen molar-refractivity contribution in [3.8, 4) is 23.0 Å².